The molecule has 0 unspecified atom stereocenters. The lowest BCUT2D eigenvalue weighted by Crippen LogP contribution is -2.11. The Morgan fingerprint density at radius 3 is 2.59 bits per heavy atom. The van der Waals surface area contributed by atoms with Crippen molar-refractivity contribution in [3.8, 4) is 17.5 Å². The molecule has 22 heavy (non-hydrogen) atoms. The zero-order valence-corrected chi connectivity index (χ0v) is 12.5. The number of benzene rings is 1. The van der Waals surface area contributed by atoms with Gasteiger partial charge in [-0.25, -0.2) is 4.79 Å². The first-order chi connectivity index (χ1) is 10.6. The molecule has 114 valence electrons. The average Bonchev–Trinajstić information content (AvgIpc) is 2.89. The summed E-state index contributed by atoms with van der Waals surface area (Å²) in [6.07, 6.45) is 2.44. The summed E-state index contributed by atoms with van der Waals surface area (Å²) >= 11 is 0. The molecule has 0 bridgehead atoms. The molecule has 1 aromatic heterocycles. The summed E-state index contributed by atoms with van der Waals surface area (Å²) < 4.78 is 11.8. The van der Waals surface area contributed by atoms with Crippen LogP contribution in [0.2, 0.25) is 0 Å². The molecular formula is C16H17N3O3. The number of nitrogen functional groups attached to an aromatic ring is 1. The number of nitriles is 1. The summed E-state index contributed by atoms with van der Waals surface area (Å²) in [5.41, 5.74) is 7.03. The Bertz CT molecular complexity index is 711. The molecule has 1 heterocycles. The summed E-state index contributed by atoms with van der Waals surface area (Å²) in [7, 11) is 1.27. The lowest BCUT2D eigenvalue weighted by Gasteiger charge is -2.10. The standard InChI is InChI=1S/C16H17N3O3/c1-3-8-22-13-6-4-12(5-7-13)19-10-11(9-17)14(18)15(19)16(20)21-2/h4-7,10H,3,8,18H2,1-2H3. The fourth-order valence-corrected chi connectivity index (χ4v) is 2.04. The van der Waals surface area contributed by atoms with E-state index in [4.69, 9.17) is 20.5 Å². The molecule has 0 aliphatic carbocycles. The van der Waals surface area contributed by atoms with Crippen LogP contribution >= 0.6 is 0 Å². The lowest BCUT2D eigenvalue weighted by atomic mass is 10.2. The van der Waals surface area contributed by atoms with Crippen LogP contribution in [0, 0.1) is 11.3 Å². The minimum absolute atomic E-state index is 0.112. The highest BCUT2D eigenvalue weighted by atomic mass is 16.5. The predicted molar refractivity (Wildman–Crippen MR) is 82.0 cm³/mol. The van der Waals surface area contributed by atoms with Gasteiger partial charge in [0.15, 0.2) is 5.69 Å². The van der Waals surface area contributed by atoms with Gasteiger partial charge in [0.25, 0.3) is 0 Å². The van der Waals surface area contributed by atoms with Gasteiger partial charge < -0.3 is 19.8 Å². The number of anilines is 1. The summed E-state index contributed by atoms with van der Waals surface area (Å²) in [6.45, 7) is 2.67. The van der Waals surface area contributed by atoms with Crippen molar-refractivity contribution in [2.75, 3.05) is 19.5 Å². The van der Waals surface area contributed by atoms with Crippen LogP contribution in [-0.2, 0) is 4.74 Å². The van der Waals surface area contributed by atoms with Gasteiger partial charge in [0.05, 0.1) is 25.0 Å². The molecule has 0 radical (unpaired) electrons. The molecule has 2 aromatic rings. The van der Waals surface area contributed by atoms with Crippen molar-refractivity contribution in [1.82, 2.24) is 4.57 Å². The Labute approximate surface area is 128 Å². The number of hydrogen-bond donors (Lipinski definition) is 1. The highest BCUT2D eigenvalue weighted by molar-refractivity contribution is 5.95. The summed E-state index contributed by atoms with van der Waals surface area (Å²) in [5, 5.41) is 9.08. The number of nitrogens with zero attached hydrogens (tertiary/aromatic N) is 2. The van der Waals surface area contributed by atoms with E-state index in [2.05, 4.69) is 0 Å². The topological polar surface area (TPSA) is 90.3 Å². The van der Waals surface area contributed by atoms with Gasteiger partial charge in [0.2, 0.25) is 0 Å². The monoisotopic (exact) mass is 299 g/mol. The van der Waals surface area contributed by atoms with Crippen LogP contribution in [0.15, 0.2) is 30.5 Å². The third-order valence-electron chi connectivity index (χ3n) is 3.13. The number of hydrogen-bond acceptors (Lipinski definition) is 5. The second kappa shape index (κ2) is 6.68. The van der Waals surface area contributed by atoms with E-state index in [1.165, 1.54) is 13.3 Å². The van der Waals surface area contributed by atoms with Crippen LogP contribution < -0.4 is 10.5 Å². The second-order valence-electron chi connectivity index (χ2n) is 4.62. The van der Waals surface area contributed by atoms with Crippen molar-refractivity contribution < 1.29 is 14.3 Å². The number of esters is 1. The van der Waals surface area contributed by atoms with Crippen LogP contribution in [0.5, 0.6) is 5.75 Å². The first-order valence-electron chi connectivity index (χ1n) is 6.84. The number of methoxy groups -OCH3 is 1. The van der Waals surface area contributed by atoms with Crippen molar-refractivity contribution in [2.45, 2.75) is 13.3 Å². The molecule has 6 nitrogen and oxygen atoms in total. The molecule has 0 fully saturated rings. The number of carbonyl (C=O) groups excluding carboxylic acids is 1. The van der Waals surface area contributed by atoms with E-state index in [1.54, 1.807) is 28.8 Å². The van der Waals surface area contributed by atoms with Crippen molar-refractivity contribution >= 4 is 11.7 Å². The van der Waals surface area contributed by atoms with Gasteiger partial charge in [0.1, 0.15) is 11.8 Å². The molecule has 0 amide bonds. The molecule has 0 atom stereocenters. The van der Waals surface area contributed by atoms with Crippen molar-refractivity contribution in [3.63, 3.8) is 0 Å². The van der Waals surface area contributed by atoms with Crippen molar-refractivity contribution in [1.29, 1.82) is 5.26 Å². The number of ether oxygens (including phenoxy) is 2. The fourth-order valence-electron chi connectivity index (χ4n) is 2.04. The average molecular weight is 299 g/mol. The van der Waals surface area contributed by atoms with Crippen LogP contribution in [0.1, 0.15) is 29.4 Å². The van der Waals surface area contributed by atoms with Crippen LogP contribution in [0.3, 0.4) is 0 Å². The quantitative estimate of drug-likeness (QED) is 0.857. The van der Waals surface area contributed by atoms with Gasteiger partial charge in [0, 0.05) is 11.9 Å². The molecule has 0 aliphatic heterocycles. The Kier molecular flexibility index (Phi) is 4.69. The Morgan fingerprint density at radius 1 is 1.36 bits per heavy atom. The molecule has 2 rings (SSSR count). The van der Waals surface area contributed by atoms with E-state index in [9.17, 15) is 4.79 Å². The molecular weight excluding hydrogens is 282 g/mol. The SMILES string of the molecule is CCCOc1ccc(-n2cc(C#N)c(N)c2C(=O)OC)cc1. The molecule has 0 saturated carbocycles. The Morgan fingerprint density at radius 2 is 2.05 bits per heavy atom. The first-order valence-corrected chi connectivity index (χ1v) is 6.84. The lowest BCUT2D eigenvalue weighted by molar-refractivity contribution is 0.0593. The Hall–Kier alpha value is -2.94. The number of carbonyl (C=O) groups is 1. The van der Waals surface area contributed by atoms with E-state index in [0.29, 0.717) is 12.3 Å². The maximum Gasteiger partial charge on any atom is 0.357 e. The molecule has 6 heteroatoms. The van der Waals surface area contributed by atoms with Crippen LogP contribution in [0.25, 0.3) is 5.69 Å². The van der Waals surface area contributed by atoms with Crippen LogP contribution in [0.4, 0.5) is 5.69 Å². The van der Waals surface area contributed by atoms with Gasteiger partial charge in [-0.3, -0.25) is 0 Å². The van der Waals surface area contributed by atoms with Gasteiger partial charge in [-0.05, 0) is 30.7 Å². The number of aromatic nitrogens is 1. The zero-order valence-electron chi connectivity index (χ0n) is 12.5. The second-order valence-corrected chi connectivity index (χ2v) is 4.62. The van der Waals surface area contributed by atoms with Crippen LogP contribution in [-0.4, -0.2) is 24.3 Å². The van der Waals surface area contributed by atoms with E-state index in [0.717, 1.165) is 12.2 Å². The summed E-state index contributed by atoms with van der Waals surface area (Å²) in [5.74, 6) is 0.149. The Balaban J connectivity index is 2.44. The third kappa shape index (κ3) is 2.88. The fraction of sp³-hybridized carbons (Fsp3) is 0.250. The molecule has 1 aromatic carbocycles. The molecule has 0 spiro atoms. The van der Waals surface area contributed by atoms with Gasteiger partial charge in [-0.2, -0.15) is 5.26 Å². The highest BCUT2D eigenvalue weighted by Crippen LogP contribution is 2.25. The zero-order chi connectivity index (χ0) is 16.1. The maximum absolute atomic E-state index is 11.9. The summed E-state index contributed by atoms with van der Waals surface area (Å²) in [6, 6.07) is 9.14. The molecule has 2 N–H and O–H groups in total. The largest absolute Gasteiger partial charge is 0.494 e. The third-order valence-corrected chi connectivity index (χ3v) is 3.13. The number of rotatable bonds is 5. The minimum atomic E-state index is -0.592. The maximum atomic E-state index is 11.9. The normalized spacial score (nSPS) is 10.0. The van der Waals surface area contributed by atoms with E-state index >= 15 is 0 Å². The summed E-state index contributed by atoms with van der Waals surface area (Å²) in [4.78, 5) is 11.9. The van der Waals surface area contributed by atoms with Crippen molar-refractivity contribution in [3.05, 3.63) is 41.7 Å². The predicted octanol–water partition coefficient (Wildman–Crippen LogP) is 2.51. The molecule has 0 aliphatic rings. The number of nitrogens with two attached hydrogens (primary N) is 1. The molecule has 0 saturated heterocycles. The van der Waals surface area contributed by atoms with E-state index in [-0.39, 0.29) is 16.9 Å². The van der Waals surface area contributed by atoms with Gasteiger partial charge in [-0.1, -0.05) is 6.92 Å². The van der Waals surface area contributed by atoms with Crippen molar-refractivity contribution in [2.24, 2.45) is 0 Å². The smallest absolute Gasteiger partial charge is 0.357 e. The van der Waals surface area contributed by atoms with E-state index < -0.39 is 5.97 Å². The highest BCUT2D eigenvalue weighted by Gasteiger charge is 2.21. The minimum Gasteiger partial charge on any atom is -0.494 e. The first kappa shape index (κ1) is 15.4. The van der Waals surface area contributed by atoms with Gasteiger partial charge in [-0.15, -0.1) is 0 Å². The van der Waals surface area contributed by atoms with E-state index in [1.807, 2.05) is 13.0 Å². The van der Waals surface area contributed by atoms with Gasteiger partial charge >= 0.3 is 5.97 Å².